The highest BCUT2D eigenvalue weighted by Crippen LogP contribution is 2.38. The van der Waals surface area contributed by atoms with Crippen LogP contribution in [-0.2, 0) is 6.54 Å². The molecule has 31 heavy (non-hydrogen) atoms. The summed E-state index contributed by atoms with van der Waals surface area (Å²) in [6, 6.07) is 24.0. The number of halogens is 1. The fraction of sp³-hybridized carbons (Fsp3) is 0.160. The van der Waals surface area contributed by atoms with Gasteiger partial charge in [-0.25, -0.2) is 0 Å². The Bertz CT molecular complexity index is 1150. The predicted octanol–water partition coefficient (Wildman–Crippen LogP) is 6.05. The van der Waals surface area contributed by atoms with Crippen LogP contribution < -0.4 is 14.2 Å². The third-order valence-electron chi connectivity index (χ3n) is 5.11. The molecule has 0 bridgehead atoms. The Kier molecular flexibility index (Phi) is 6.28. The molecule has 0 spiro atoms. The Morgan fingerprint density at radius 3 is 1.61 bits per heavy atom. The SMILES string of the molecule is COc1ccc(Cn2nc(-c3ccc(OC)cc3)c(Br)c2-c2ccc(OC)cc2)cc1. The van der Waals surface area contributed by atoms with Gasteiger partial charge in [0.05, 0.1) is 38.0 Å². The maximum atomic E-state index is 5.32. The smallest absolute Gasteiger partial charge is 0.118 e. The molecule has 1 heterocycles. The lowest BCUT2D eigenvalue weighted by atomic mass is 10.1. The van der Waals surface area contributed by atoms with Crippen molar-refractivity contribution in [2.45, 2.75) is 6.54 Å². The summed E-state index contributed by atoms with van der Waals surface area (Å²) < 4.78 is 18.9. The lowest BCUT2D eigenvalue weighted by Crippen LogP contribution is -2.04. The van der Waals surface area contributed by atoms with Gasteiger partial charge in [0.1, 0.15) is 22.9 Å². The highest BCUT2D eigenvalue weighted by molar-refractivity contribution is 9.10. The zero-order valence-electron chi connectivity index (χ0n) is 17.6. The van der Waals surface area contributed by atoms with Crippen molar-refractivity contribution in [1.29, 1.82) is 0 Å². The van der Waals surface area contributed by atoms with Gasteiger partial charge in [-0.15, -0.1) is 0 Å². The van der Waals surface area contributed by atoms with Crippen LogP contribution in [0.4, 0.5) is 0 Å². The van der Waals surface area contributed by atoms with E-state index in [9.17, 15) is 0 Å². The number of methoxy groups -OCH3 is 3. The van der Waals surface area contributed by atoms with Crippen molar-refractivity contribution in [2.24, 2.45) is 0 Å². The highest BCUT2D eigenvalue weighted by atomic mass is 79.9. The fourth-order valence-electron chi connectivity index (χ4n) is 3.42. The monoisotopic (exact) mass is 478 g/mol. The van der Waals surface area contributed by atoms with Crippen molar-refractivity contribution >= 4 is 15.9 Å². The third kappa shape index (κ3) is 4.44. The summed E-state index contributed by atoms with van der Waals surface area (Å²) >= 11 is 3.82. The number of hydrogen-bond acceptors (Lipinski definition) is 4. The Morgan fingerprint density at radius 2 is 1.13 bits per heavy atom. The molecule has 0 fully saturated rings. The fourth-order valence-corrected chi connectivity index (χ4v) is 4.16. The van der Waals surface area contributed by atoms with Crippen molar-refractivity contribution in [2.75, 3.05) is 21.3 Å². The molecule has 0 amide bonds. The van der Waals surface area contributed by atoms with Crippen LogP contribution in [0.3, 0.4) is 0 Å². The minimum atomic E-state index is 0.625. The minimum absolute atomic E-state index is 0.625. The summed E-state index contributed by atoms with van der Waals surface area (Å²) in [6.45, 7) is 0.625. The van der Waals surface area contributed by atoms with Crippen molar-refractivity contribution in [3.8, 4) is 39.8 Å². The maximum Gasteiger partial charge on any atom is 0.118 e. The average Bonchev–Trinajstić information content (AvgIpc) is 3.15. The van der Waals surface area contributed by atoms with E-state index in [-0.39, 0.29) is 0 Å². The van der Waals surface area contributed by atoms with Crippen LogP contribution in [0.15, 0.2) is 77.3 Å². The topological polar surface area (TPSA) is 45.5 Å². The molecule has 5 nitrogen and oxygen atoms in total. The van der Waals surface area contributed by atoms with Crippen LogP contribution in [0.2, 0.25) is 0 Å². The molecule has 4 aromatic rings. The Hall–Kier alpha value is -3.25. The molecule has 0 radical (unpaired) electrons. The summed E-state index contributed by atoms with van der Waals surface area (Å²) in [4.78, 5) is 0. The van der Waals surface area contributed by atoms with E-state index >= 15 is 0 Å². The summed E-state index contributed by atoms with van der Waals surface area (Å²) in [5, 5.41) is 4.96. The number of ether oxygens (including phenoxy) is 3. The zero-order chi connectivity index (χ0) is 21.8. The second-order valence-electron chi connectivity index (χ2n) is 6.97. The standard InChI is InChI=1S/C25H23BrN2O3/c1-29-20-10-4-17(5-11-20)16-28-25(19-8-14-22(31-3)15-9-19)23(26)24(27-28)18-6-12-21(30-2)13-7-18/h4-15H,16H2,1-3H3. The van der Waals surface area contributed by atoms with Gasteiger partial charge in [-0.2, -0.15) is 5.10 Å². The summed E-state index contributed by atoms with van der Waals surface area (Å²) in [6.07, 6.45) is 0. The number of hydrogen-bond donors (Lipinski definition) is 0. The van der Waals surface area contributed by atoms with Crippen LogP contribution in [0.5, 0.6) is 17.2 Å². The van der Waals surface area contributed by atoms with Crippen LogP contribution in [0.1, 0.15) is 5.56 Å². The lowest BCUT2D eigenvalue weighted by molar-refractivity contribution is 0.414. The zero-order valence-corrected chi connectivity index (χ0v) is 19.2. The van der Waals surface area contributed by atoms with Gasteiger partial charge in [0.2, 0.25) is 0 Å². The summed E-state index contributed by atoms with van der Waals surface area (Å²) in [5.41, 5.74) is 5.07. The van der Waals surface area contributed by atoms with E-state index in [4.69, 9.17) is 19.3 Å². The Labute approximate surface area is 190 Å². The van der Waals surface area contributed by atoms with Crippen molar-refractivity contribution in [1.82, 2.24) is 9.78 Å². The molecule has 6 heteroatoms. The van der Waals surface area contributed by atoms with Gasteiger partial charge in [0.15, 0.2) is 0 Å². The molecule has 0 N–H and O–H groups in total. The Balaban J connectivity index is 1.79. The molecular weight excluding hydrogens is 456 g/mol. The molecule has 158 valence electrons. The molecule has 4 rings (SSSR count). The van der Waals surface area contributed by atoms with Gasteiger partial charge in [-0.1, -0.05) is 12.1 Å². The van der Waals surface area contributed by atoms with Crippen LogP contribution in [0, 0.1) is 0 Å². The van der Waals surface area contributed by atoms with E-state index < -0.39 is 0 Å². The number of benzene rings is 3. The van der Waals surface area contributed by atoms with E-state index in [2.05, 4.69) is 28.1 Å². The first kappa shape index (κ1) is 21.0. The molecule has 3 aromatic carbocycles. The molecule has 0 unspecified atom stereocenters. The quantitative estimate of drug-likeness (QED) is 0.324. The predicted molar refractivity (Wildman–Crippen MR) is 126 cm³/mol. The van der Waals surface area contributed by atoms with E-state index in [0.29, 0.717) is 6.54 Å². The summed E-state index contributed by atoms with van der Waals surface area (Å²) in [5.74, 6) is 2.46. The molecule has 0 saturated heterocycles. The first-order valence-electron chi connectivity index (χ1n) is 9.81. The number of aromatic nitrogens is 2. The van der Waals surface area contributed by atoms with Gasteiger partial charge in [0, 0.05) is 11.1 Å². The highest BCUT2D eigenvalue weighted by Gasteiger charge is 2.19. The van der Waals surface area contributed by atoms with Gasteiger partial charge in [0.25, 0.3) is 0 Å². The molecular formula is C25H23BrN2O3. The van der Waals surface area contributed by atoms with E-state index in [0.717, 1.165) is 49.8 Å². The van der Waals surface area contributed by atoms with Crippen LogP contribution in [-0.4, -0.2) is 31.1 Å². The lowest BCUT2D eigenvalue weighted by Gasteiger charge is -2.10. The molecule has 0 aliphatic rings. The second-order valence-corrected chi connectivity index (χ2v) is 7.77. The molecule has 0 aliphatic carbocycles. The Morgan fingerprint density at radius 1 is 0.677 bits per heavy atom. The number of nitrogens with zero attached hydrogens (tertiary/aromatic N) is 2. The van der Waals surface area contributed by atoms with Gasteiger partial charge < -0.3 is 14.2 Å². The molecule has 0 saturated carbocycles. The van der Waals surface area contributed by atoms with Crippen molar-refractivity contribution < 1.29 is 14.2 Å². The first-order chi connectivity index (χ1) is 15.1. The van der Waals surface area contributed by atoms with E-state index in [1.807, 2.05) is 65.3 Å². The normalized spacial score (nSPS) is 10.7. The van der Waals surface area contributed by atoms with Gasteiger partial charge >= 0.3 is 0 Å². The van der Waals surface area contributed by atoms with Gasteiger partial charge in [-0.3, -0.25) is 4.68 Å². The van der Waals surface area contributed by atoms with Gasteiger partial charge in [-0.05, 0) is 82.2 Å². The molecule has 0 atom stereocenters. The van der Waals surface area contributed by atoms with Crippen LogP contribution in [0.25, 0.3) is 22.5 Å². The average molecular weight is 479 g/mol. The summed E-state index contributed by atoms with van der Waals surface area (Å²) in [7, 11) is 5.00. The van der Waals surface area contributed by atoms with Crippen molar-refractivity contribution in [3.63, 3.8) is 0 Å². The third-order valence-corrected chi connectivity index (χ3v) is 5.86. The van der Waals surface area contributed by atoms with Crippen molar-refractivity contribution in [3.05, 3.63) is 82.8 Å². The first-order valence-corrected chi connectivity index (χ1v) is 10.6. The minimum Gasteiger partial charge on any atom is -0.497 e. The number of rotatable bonds is 7. The molecule has 1 aromatic heterocycles. The van der Waals surface area contributed by atoms with Crippen LogP contribution >= 0.6 is 15.9 Å². The maximum absolute atomic E-state index is 5.32. The van der Waals surface area contributed by atoms with E-state index in [1.165, 1.54) is 0 Å². The van der Waals surface area contributed by atoms with E-state index in [1.54, 1.807) is 21.3 Å². The molecule has 0 aliphatic heterocycles. The second kappa shape index (κ2) is 9.27. The largest absolute Gasteiger partial charge is 0.497 e.